The van der Waals surface area contributed by atoms with Crippen LogP contribution >= 0.6 is 11.3 Å². The molecule has 5 heteroatoms. The molecule has 0 atom stereocenters. The summed E-state index contributed by atoms with van der Waals surface area (Å²) in [6.07, 6.45) is 0. The van der Waals surface area contributed by atoms with Crippen molar-refractivity contribution in [1.29, 1.82) is 0 Å². The first-order chi connectivity index (χ1) is 11.6. The maximum absolute atomic E-state index is 12.3. The topological polar surface area (TPSA) is 46.6 Å². The first-order valence-electron chi connectivity index (χ1n) is 7.55. The van der Waals surface area contributed by atoms with Crippen molar-refractivity contribution in [2.75, 3.05) is 18.6 Å². The van der Waals surface area contributed by atoms with Crippen LogP contribution in [0.15, 0.2) is 54.6 Å². The Balaban J connectivity index is 1.68. The van der Waals surface area contributed by atoms with Crippen LogP contribution in [0.5, 0.6) is 0 Å². The summed E-state index contributed by atoms with van der Waals surface area (Å²) < 4.78 is 6.26. The normalized spacial score (nSPS) is 10.6. The summed E-state index contributed by atoms with van der Waals surface area (Å²) in [5.74, 6) is -0.725. The average molecular weight is 339 g/mol. The van der Waals surface area contributed by atoms with Crippen LogP contribution in [-0.2, 0) is 9.53 Å². The van der Waals surface area contributed by atoms with Gasteiger partial charge in [-0.05, 0) is 36.1 Å². The number of likely N-dealkylation sites (N-methyl/N-ethyl adjacent to an activating group) is 1. The highest BCUT2D eigenvalue weighted by molar-refractivity contribution is 7.21. The number of fused-ring (bicyclic) bond motifs is 1. The highest BCUT2D eigenvalue weighted by atomic mass is 32.1. The number of hydrogen-bond donors (Lipinski definition) is 0. The van der Waals surface area contributed by atoms with E-state index in [0.29, 0.717) is 4.88 Å². The van der Waals surface area contributed by atoms with Gasteiger partial charge in [-0.1, -0.05) is 36.4 Å². The van der Waals surface area contributed by atoms with Crippen molar-refractivity contribution in [3.8, 4) is 0 Å². The molecule has 0 bridgehead atoms. The molecule has 0 aliphatic heterocycles. The van der Waals surface area contributed by atoms with Gasteiger partial charge in [-0.15, -0.1) is 11.3 Å². The Morgan fingerprint density at radius 3 is 2.42 bits per heavy atom. The van der Waals surface area contributed by atoms with E-state index in [-0.39, 0.29) is 12.5 Å². The zero-order chi connectivity index (χ0) is 17.1. The molecule has 3 aromatic rings. The molecule has 0 saturated heterocycles. The SMILES string of the molecule is Cc1c(C(=O)OCC(=O)N(C)c2ccccc2)sc2ccccc12. The summed E-state index contributed by atoms with van der Waals surface area (Å²) in [5.41, 5.74) is 1.65. The van der Waals surface area contributed by atoms with E-state index in [1.165, 1.54) is 16.2 Å². The van der Waals surface area contributed by atoms with Gasteiger partial charge in [-0.2, -0.15) is 0 Å². The van der Waals surface area contributed by atoms with Gasteiger partial charge < -0.3 is 9.64 Å². The third-order valence-electron chi connectivity index (χ3n) is 3.87. The maximum Gasteiger partial charge on any atom is 0.349 e. The van der Waals surface area contributed by atoms with E-state index < -0.39 is 5.97 Å². The number of thiophene rings is 1. The van der Waals surface area contributed by atoms with Crippen molar-refractivity contribution in [2.24, 2.45) is 0 Å². The van der Waals surface area contributed by atoms with Crippen molar-refractivity contribution in [1.82, 2.24) is 0 Å². The molecule has 0 unspecified atom stereocenters. The standard InChI is InChI=1S/C19H17NO3S/c1-13-15-10-6-7-11-16(15)24-18(13)19(22)23-12-17(21)20(2)14-8-4-3-5-9-14/h3-11H,12H2,1-2H3. The quantitative estimate of drug-likeness (QED) is 0.674. The number of esters is 1. The van der Waals surface area contributed by atoms with Crippen LogP contribution in [0.3, 0.4) is 0 Å². The zero-order valence-electron chi connectivity index (χ0n) is 13.5. The number of rotatable bonds is 4. The molecule has 4 nitrogen and oxygen atoms in total. The lowest BCUT2D eigenvalue weighted by Crippen LogP contribution is -2.31. The lowest BCUT2D eigenvalue weighted by Gasteiger charge is -2.16. The number of anilines is 1. The number of hydrogen-bond acceptors (Lipinski definition) is 4. The van der Waals surface area contributed by atoms with Crippen LogP contribution in [0, 0.1) is 6.92 Å². The molecule has 3 rings (SSSR count). The van der Waals surface area contributed by atoms with E-state index in [9.17, 15) is 9.59 Å². The molecule has 1 amide bonds. The average Bonchev–Trinajstić information content (AvgIpc) is 2.96. The fourth-order valence-electron chi connectivity index (χ4n) is 2.45. The number of benzene rings is 2. The Morgan fingerprint density at radius 1 is 1.04 bits per heavy atom. The van der Waals surface area contributed by atoms with Gasteiger partial charge in [-0.25, -0.2) is 4.79 Å². The van der Waals surface area contributed by atoms with Gasteiger partial charge in [0.05, 0.1) is 0 Å². The minimum absolute atomic E-state index is 0.270. The number of nitrogens with zero attached hydrogens (tertiary/aromatic N) is 1. The van der Waals surface area contributed by atoms with Crippen molar-refractivity contribution >= 4 is 39.0 Å². The minimum Gasteiger partial charge on any atom is -0.451 e. The molecule has 1 aromatic heterocycles. The number of carbonyl (C=O) groups excluding carboxylic acids is 2. The molecule has 0 N–H and O–H groups in total. The number of amides is 1. The second-order valence-corrected chi connectivity index (χ2v) is 6.47. The van der Waals surface area contributed by atoms with Crippen molar-refractivity contribution in [2.45, 2.75) is 6.92 Å². The first kappa shape index (κ1) is 16.2. The van der Waals surface area contributed by atoms with Gasteiger partial charge >= 0.3 is 5.97 Å². The van der Waals surface area contributed by atoms with Gasteiger partial charge in [-0.3, -0.25) is 4.79 Å². The number of carbonyl (C=O) groups is 2. The summed E-state index contributed by atoms with van der Waals surface area (Å²) in [5, 5.41) is 1.04. The van der Waals surface area contributed by atoms with Gasteiger partial charge in [0.1, 0.15) is 4.88 Å². The summed E-state index contributed by atoms with van der Waals surface area (Å²) in [6, 6.07) is 17.1. The Bertz CT molecular complexity index is 886. The predicted octanol–water partition coefficient (Wildman–Crippen LogP) is 4.03. The predicted molar refractivity (Wildman–Crippen MR) is 96.7 cm³/mol. The summed E-state index contributed by atoms with van der Waals surface area (Å²) in [4.78, 5) is 26.5. The van der Waals surface area contributed by atoms with Crippen LogP contribution in [0.4, 0.5) is 5.69 Å². The Hall–Kier alpha value is -2.66. The zero-order valence-corrected chi connectivity index (χ0v) is 14.3. The molecule has 24 heavy (non-hydrogen) atoms. The largest absolute Gasteiger partial charge is 0.451 e. The molecule has 0 spiro atoms. The molecule has 1 heterocycles. The summed E-state index contributed by atoms with van der Waals surface area (Å²) in [6.45, 7) is 1.62. The van der Waals surface area contributed by atoms with Crippen LogP contribution in [0.2, 0.25) is 0 Å². The van der Waals surface area contributed by atoms with Gasteiger partial charge in [0.2, 0.25) is 0 Å². The van der Waals surface area contributed by atoms with Crippen molar-refractivity contribution < 1.29 is 14.3 Å². The first-order valence-corrected chi connectivity index (χ1v) is 8.36. The molecule has 0 radical (unpaired) electrons. The third-order valence-corrected chi connectivity index (χ3v) is 5.13. The van der Waals surface area contributed by atoms with E-state index in [4.69, 9.17) is 4.74 Å². The summed E-state index contributed by atoms with van der Waals surface area (Å²) in [7, 11) is 1.66. The number of aryl methyl sites for hydroxylation is 1. The van der Waals surface area contributed by atoms with Gasteiger partial charge in [0, 0.05) is 17.4 Å². The molecule has 0 aliphatic carbocycles. The van der Waals surface area contributed by atoms with Crippen LogP contribution in [-0.4, -0.2) is 25.5 Å². The van der Waals surface area contributed by atoms with E-state index in [0.717, 1.165) is 21.3 Å². The lowest BCUT2D eigenvalue weighted by atomic mass is 10.1. The highest BCUT2D eigenvalue weighted by Gasteiger charge is 2.19. The molecule has 0 fully saturated rings. The Labute approximate surface area is 144 Å². The fourth-order valence-corrected chi connectivity index (χ4v) is 3.56. The molecule has 2 aromatic carbocycles. The highest BCUT2D eigenvalue weighted by Crippen LogP contribution is 2.30. The number of para-hydroxylation sites is 1. The molecular weight excluding hydrogens is 322 g/mol. The van der Waals surface area contributed by atoms with Crippen molar-refractivity contribution in [3.05, 3.63) is 65.0 Å². The Morgan fingerprint density at radius 2 is 1.71 bits per heavy atom. The van der Waals surface area contributed by atoms with E-state index in [1.807, 2.05) is 61.5 Å². The molecule has 0 aliphatic rings. The second-order valence-electron chi connectivity index (χ2n) is 5.42. The maximum atomic E-state index is 12.3. The van der Waals surface area contributed by atoms with E-state index >= 15 is 0 Å². The van der Waals surface area contributed by atoms with Gasteiger partial charge in [0.15, 0.2) is 6.61 Å². The van der Waals surface area contributed by atoms with Crippen molar-refractivity contribution in [3.63, 3.8) is 0 Å². The Kier molecular flexibility index (Phi) is 4.62. The molecule has 0 saturated carbocycles. The molecule has 122 valence electrons. The smallest absolute Gasteiger partial charge is 0.349 e. The minimum atomic E-state index is -0.455. The van der Waals surface area contributed by atoms with Gasteiger partial charge in [0.25, 0.3) is 5.91 Å². The third kappa shape index (κ3) is 3.16. The lowest BCUT2D eigenvalue weighted by molar-refractivity contribution is -0.121. The summed E-state index contributed by atoms with van der Waals surface area (Å²) >= 11 is 1.39. The van der Waals surface area contributed by atoms with Crippen LogP contribution in [0.25, 0.3) is 10.1 Å². The van der Waals surface area contributed by atoms with E-state index in [2.05, 4.69) is 0 Å². The van der Waals surface area contributed by atoms with Crippen LogP contribution in [0.1, 0.15) is 15.2 Å². The molecular formula is C19H17NO3S. The van der Waals surface area contributed by atoms with E-state index in [1.54, 1.807) is 7.05 Å². The number of ether oxygens (including phenoxy) is 1. The second kappa shape index (κ2) is 6.84. The fraction of sp³-hybridized carbons (Fsp3) is 0.158. The van der Waals surface area contributed by atoms with Crippen LogP contribution < -0.4 is 4.90 Å². The monoisotopic (exact) mass is 339 g/mol.